The molecule has 5 N–H and O–H groups in total. The maximum absolute atomic E-state index is 15.3. The first kappa shape index (κ1) is 32.2. The summed E-state index contributed by atoms with van der Waals surface area (Å²) in [6, 6.07) is 2.18. The number of anilines is 1. The van der Waals surface area contributed by atoms with Gasteiger partial charge in [-0.2, -0.15) is 13.2 Å². The first-order valence-electron chi connectivity index (χ1n) is 13.6. The summed E-state index contributed by atoms with van der Waals surface area (Å²) < 4.78 is 48.8. The van der Waals surface area contributed by atoms with Crippen LogP contribution in [-0.4, -0.2) is 110 Å². The van der Waals surface area contributed by atoms with Crippen molar-refractivity contribution < 1.29 is 52.1 Å². The molecule has 1 aromatic heterocycles. The largest absolute Gasteiger partial charge is 0.490 e. The molecule has 1 amide bonds. The summed E-state index contributed by atoms with van der Waals surface area (Å²) in [6.07, 6.45) is -1.99. The van der Waals surface area contributed by atoms with Crippen LogP contribution in [-0.2, 0) is 14.4 Å². The van der Waals surface area contributed by atoms with Gasteiger partial charge in [-0.1, -0.05) is 0 Å². The number of nitrogens with zero attached hydrogens (tertiary/aromatic N) is 4. The number of carboxylic acids is 3. The van der Waals surface area contributed by atoms with Gasteiger partial charge in [0.1, 0.15) is 28.5 Å². The van der Waals surface area contributed by atoms with Crippen molar-refractivity contribution in [1.29, 1.82) is 0 Å². The van der Waals surface area contributed by atoms with Crippen LogP contribution in [0.2, 0.25) is 0 Å². The molecule has 1 saturated carbocycles. The van der Waals surface area contributed by atoms with Crippen molar-refractivity contribution in [2.75, 3.05) is 43.4 Å². The maximum Gasteiger partial charge on any atom is 0.490 e. The van der Waals surface area contributed by atoms with E-state index < -0.39 is 41.4 Å². The molecule has 4 aliphatic rings. The average molecular weight is 658 g/mol. The second-order valence-electron chi connectivity index (χ2n) is 10.9. The smallest absolute Gasteiger partial charge is 0.477 e. The topological polar surface area (TPSA) is 187 Å². The number of hydrogen-bond acceptors (Lipinski definition) is 9. The van der Waals surface area contributed by atoms with Gasteiger partial charge in [0, 0.05) is 56.1 Å². The molecule has 1 aromatic carbocycles. The van der Waals surface area contributed by atoms with Crippen LogP contribution in [0.15, 0.2) is 34.4 Å². The number of halogens is 4. The Hall–Kier alpha value is -4.16. The van der Waals surface area contributed by atoms with Crippen molar-refractivity contribution in [3.8, 4) is 0 Å². The highest BCUT2D eigenvalue weighted by atomic mass is 32.2. The molecule has 3 fully saturated rings. The molecule has 6 rings (SSSR count). The molecule has 0 bridgehead atoms. The molecular weight excluding hydrogens is 630 g/mol. The van der Waals surface area contributed by atoms with Crippen LogP contribution in [0.25, 0.3) is 10.9 Å². The summed E-state index contributed by atoms with van der Waals surface area (Å²) >= 11 is 1.46. The molecular formula is C27H27F4N5O8S. The van der Waals surface area contributed by atoms with Crippen molar-refractivity contribution in [2.45, 2.75) is 36.5 Å². The van der Waals surface area contributed by atoms with E-state index in [9.17, 15) is 42.6 Å². The zero-order valence-corrected chi connectivity index (χ0v) is 24.1. The summed E-state index contributed by atoms with van der Waals surface area (Å²) in [5, 5.41) is 26.1. The van der Waals surface area contributed by atoms with Gasteiger partial charge in [-0.25, -0.2) is 18.8 Å². The van der Waals surface area contributed by atoms with Gasteiger partial charge < -0.3 is 30.5 Å². The first-order chi connectivity index (χ1) is 21.1. The first-order valence-corrected chi connectivity index (χ1v) is 14.7. The second-order valence-corrected chi connectivity index (χ2v) is 12.0. The Morgan fingerprint density at radius 2 is 1.62 bits per heavy atom. The number of aliphatic carboxylic acids is 2. The Morgan fingerprint density at radius 3 is 2.16 bits per heavy atom. The fraction of sp³-hybridized carbons (Fsp3) is 0.444. The van der Waals surface area contributed by atoms with Crippen molar-refractivity contribution in [3.05, 3.63) is 51.2 Å². The Morgan fingerprint density at radius 1 is 1.00 bits per heavy atom. The van der Waals surface area contributed by atoms with Gasteiger partial charge in [-0.05, 0) is 30.5 Å². The normalized spacial score (nSPS) is 22.0. The number of aromatic nitrogens is 1. The number of carbonyl (C=O) groups excluding carboxylic acids is 1. The minimum absolute atomic E-state index is 0.0160. The molecule has 2 saturated heterocycles. The number of thioether (sulfide) groups is 1. The van der Waals surface area contributed by atoms with Gasteiger partial charge in [0.25, 0.3) is 0 Å². The van der Waals surface area contributed by atoms with Crippen molar-refractivity contribution in [2.24, 2.45) is 5.73 Å². The van der Waals surface area contributed by atoms with E-state index in [2.05, 4.69) is 4.90 Å². The van der Waals surface area contributed by atoms with E-state index in [0.717, 1.165) is 18.9 Å². The third-order valence-electron chi connectivity index (χ3n) is 7.93. The average Bonchev–Trinajstić information content (AvgIpc) is 3.82. The number of fused-ring (bicyclic) bond motifs is 2. The SMILES string of the molecule is N[C@@H]1C(=O)N2C(C(=O)O)=C(CN3CCN(c4cc5c(cc4F)c(=O)c(C(=O)O)cn5C4CC4)CC3)CS[C@H]12.O=C(O)C(F)(F)F. The number of hydrogen-bond donors (Lipinski definition) is 4. The minimum atomic E-state index is -5.08. The number of amides is 1. The predicted octanol–water partition coefficient (Wildman–Crippen LogP) is 1.51. The van der Waals surface area contributed by atoms with Crippen molar-refractivity contribution >= 4 is 52.2 Å². The molecule has 0 spiro atoms. The molecule has 2 atom stereocenters. The Labute approximate surface area is 255 Å². The summed E-state index contributed by atoms with van der Waals surface area (Å²) in [5.41, 5.74) is 6.30. The lowest BCUT2D eigenvalue weighted by Crippen LogP contribution is -2.68. The molecule has 18 heteroatoms. The van der Waals surface area contributed by atoms with Crippen LogP contribution < -0.4 is 16.1 Å². The molecule has 13 nitrogen and oxygen atoms in total. The highest BCUT2D eigenvalue weighted by Crippen LogP contribution is 2.40. The molecule has 0 radical (unpaired) electrons. The Kier molecular flexibility index (Phi) is 8.58. The number of aromatic carboxylic acids is 1. The third kappa shape index (κ3) is 6.21. The molecule has 3 aliphatic heterocycles. The van der Waals surface area contributed by atoms with Crippen LogP contribution in [0, 0.1) is 5.82 Å². The zero-order valence-electron chi connectivity index (χ0n) is 23.3. The number of alkyl halides is 3. The van der Waals surface area contributed by atoms with E-state index in [1.165, 1.54) is 22.9 Å². The van der Waals surface area contributed by atoms with E-state index in [1.807, 2.05) is 4.90 Å². The van der Waals surface area contributed by atoms with Crippen molar-refractivity contribution in [3.63, 3.8) is 0 Å². The molecule has 0 unspecified atom stereocenters. The van der Waals surface area contributed by atoms with E-state index in [0.29, 0.717) is 55.3 Å². The quantitative estimate of drug-likeness (QED) is 0.260. The number of carbonyl (C=O) groups is 4. The lowest BCUT2D eigenvalue weighted by atomic mass is 10.0. The van der Waals surface area contributed by atoms with Crippen LogP contribution in [0.5, 0.6) is 0 Å². The van der Waals surface area contributed by atoms with Crippen LogP contribution >= 0.6 is 11.8 Å². The number of pyridine rings is 1. The van der Waals surface area contributed by atoms with Gasteiger partial charge in [-0.3, -0.25) is 19.4 Å². The Bertz CT molecular complexity index is 1680. The monoisotopic (exact) mass is 657 g/mol. The number of benzene rings is 1. The van der Waals surface area contributed by atoms with Crippen molar-refractivity contribution in [1.82, 2.24) is 14.4 Å². The van der Waals surface area contributed by atoms with Gasteiger partial charge in [0.05, 0.1) is 11.2 Å². The lowest BCUT2D eigenvalue weighted by molar-refractivity contribution is -0.192. The van der Waals surface area contributed by atoms with Gasteiger partial charge >= 0.3 is 24.1 Å². The Balaban J connectivity index is 0.000000515. The number of piperazine rings is 1. The zero-order chi connectivity index (χ0) is 33.0. The van der Waals surface area contributed by atoms with Gasteiger partial charge in [-0.15, -0.1) is 11.8 Å². The van der Waals surface area contributed by atoms with E-state index >= 15 is 4.39 Å². The molecule has 242 valence electrons. The number of nitrogens with two attached hydrogens (primary N) is 1. The van der Waals surface area contributed by atoms with Gasteiger partial charge in [0.15, 0.2) is 0 Å². The molecule has 2 aromatic rings. The second kappa shape index (κ2) is 12.0. The summed E-state index contributed by atoms with van der Waals surface area (Å²) in [5.74, 6) is -5.73. The fourth-order valence-electron chi connectivity index (χ4n) is 5.53. The third-order valence-corrected chi connectivity index (χ3v) is 9.29. The molecule has 4 heterocycles. The lowest BCUT2D eigenvalue weighted by Gasteiger charge is -2.48. The summed E-state index contributed by atoms with van der Waals surface area (Å²) in [4.78, 5) is 62.6. The molecule has 45 heavy (non-hydrogen) atoms. The van der Waals surface area contributed by atoms with Crippen LogP contribution in [0.3, 0.4) is 0 Å². The number of carboxylic acid groups (broad SMARTS) is 3. The fourth-order valence-corrected chi connectivity index (χ4v) is 6.81. The summed E-state index contributed by atoms with van der Waals surface area (Å²) in [6.45, 7) is 2.42. The highest BCUT2D eigenvalue weighted by Gasteiger charge is 2.51. The highest BCUT2D eigenvalue weighted by molar-refractivity contribution is 8.00. The number of β-lactam (4-membered cyclic amide) rings is 1. The molecule has 1 aliphatic carbocycles. The van der Waals surface area contributed by atoms with E-state index in [-0.39, 0.29) is 34.0 Å². The van der Waals surface area contributed by atoms with E-state index in [1.54, 1.807) is 10.6 Å². The maximum atomic E-state index is 15.3. The summed E-state index contributed by atoms with van der Waals surface area (Å²) in [7, 11) is 0. The standard InChI is InChI=1S/C25H26FN5O6S.C2HF3O2/c26-16-7-14-17(30(13-1-2-13)10-15(21(14)32)24(34)35)8-18(16)29-5-3-28(4-6-29)9-12-11-38-23-19(27)22(33)31(23)20(12)25(36)37;3-2(4,5)1(6)7/h7-8,10,13,19,23H,1-6,9,11,27H2,(H,34,35)(H,36,37);(H,6,7)/t19-,23-;/m1./s1. The van der Waals surface area contributed by atoms with Gasteiger partial charge in [0.2, 0.25) is 11.3 Å². The van der Waals surface area contributed by atoms with E-state index in [4.69, 9.17) is 15.6 Å². The minimum Gasteiger partial charge on any atom is -0.477 e. The number of rotatable bonds is 6. The van der Waals surface area contributed by atoms with Crippen LogP contribution in [0.1, 0.15) is 29.2 Å². The van der Waals surface area contributed by atoms with Crippen LogP contribution in [0.4, 0.5) is 23.2 Å². The predicted molar refractivity (Wildman–Crippen MR) is 151 cm³/mol.